The number of hydrogen-bond donors (Lipinski definition) is 2. The van der Waals surface area contributed by atoms with Crippen molar-refractivity contribution in [1.29, 1.82) is 5.41 Å². The van der Waals surface area contributed by atoms with Gasteiger partial charge in [-0.3, -0.25) is 10.7 Å². The maximum atomic E-state index is 11.8. The van der Waals surface area contributed by atoms with Crippen molar-refractivity contribution < 1.29 is 9.53 Å². The number of carbonyl (C=O) groups is 1. The molecule has 0 spiro atoms. The normalized spacial score (nSPS) is 22.0. The van der Waals surface area contributed by atoms with E-state index >= 15 is 0 Å². The van der Waals surface area contributed by atoms with Gasteiger partial charge < -0.3 is 19.4 Å². The molecule has 0 aliphatic carbocycles. The van der Waals surface area contributed by atoms with Gasteiger partial charge in [0, 0.05) is 56.6 Å². The minimum Gasteiger partial charge on any atom is -0.450 e. The van der Waals surface area contributed by atoms with Crippen molar-refractivity contribution in [2.24, 2.45) is 10.9 Å². The Morgan fingerprint density at radius 3 is 2.72 bits per heavy atom. The van der Waals surface area contributed by atoms with Crippen LogP contribution in [0.5, 0.6) is 0 Å². The molecule has 1 atom stereocenters. The van der Waals surface area contributed by atoms with Crippen LogP contribution in [0.3, 0.4) is 0 Å². The zero-order valence-electron chi connectivity index (χ0n) is 19.4. The predicted molar refractivity (Wildman–Crippen MR) is 127 cm³/mol. The van der Waals surface area contributed by atoms with Crippen LogP contribution >= 0.6 is 0 Å². The average molecular weight is 439 g/mol. The van der Waals surface area contributed by atoms with E-state index in [-0.39, 0.29) is 5.92 Å². The molecule has 32 heavy (non-hydrogen) atoms. The van der Waals surface area contributed by atoms with Gasteiger partial charge in [-0.25, -0.2) is 9.79 Å². The van der Waals surface area contributed by atoms with Gasteiger partial charge >= 0.3 is 6.09 Å². The summed E-state index contributed by atoms with van der Waals surface area (Å²) in [4.78, 5) is 23.6. The number of nitrogens with one attached hydrogen (secondary N) is 2. The van der Waals surface area contributed by atoms with Crippen LogP contribution in [0.2, 0.25) is 0 Å². The zero-order chi connectivity index (χ0) is 22.7. The first kappa shape index (κ1) is 22.3. The number of allylic oxidation sites excluding steroid dienone is 1. The Labute approximate surface area is 190 Å². The standard InChI is InChI=1S/C24H34N6O2/c1-4-32-24(31)26-20-6-5-18-7-8-30(16-19(18)14-20)22-15-21(13-17(2)23(25)27-22)29-11-9-28(3)10-12-29/h5-6,14-15,17,25H,4,7-13,16H2,1-3H3,(H,26,31). The monoisotopic (exact) mass is 438 g/mol. The summed E-state index contributed by atoms with van der Waals surface area (Å²) >= 11 is 0. The maximum Gasteiger partial charge on any atom is 0.411 e. The largest absolute Gasteiger partial charge is 0.450 e. The highest BCUT2D eigenvalue weighted by molar-refractivity contribution is 6.03. The fourth-order valence-electron chi connectivity index (χ4n) is 4.48. The minimum absolute atomic E-state index is 0.107. The lowest BCUT2D eigenvalue weighted by Crippen LogP contribution is -2.44. The first-order chi connectivity index (χ1) is 15.4. The van der Waals surface area contributed by atoms with Gasteiger partial charge in [0.25, 0.3) is 0 Å². The van der Waals surface area contributed by atoms with Crippen LogP contribution < -0.4 is 5.32 Å². The Kier molecular flexibility index (Phi) is 6.79. The second-order valence-electron chi connectivity index (χ2n) is 8.89. The lowest BCUT2D eigenvalue weighted by molar-refractivity contribution is 0.168. The van der Waals surface area contributed by atoms with Crippen LogP contribution in [0, 0.1) is 11.3 Å². The molecule has 0 aromatic heterocycles. The molecule has 0 saturated carbocycles. The van der Waals surface area contributed by atoms with Gasteiger partial charge in [-0.15, -0.1) is 0 Å². The van der Waals surface area contributed by atoms with E-state index in [0.717, 1.165) is 57.1 Å². The highest BCUT2D eigenvalue weighted by atomic mass is 16.5. The van der Waals surface area contributed by atoms with E-state index in [1.54, 1.807) is 6.92 Å². The van der Waals surface area contributed by atoms with E-state index in [0.29, 0.717) is 19.0 Å². The number of anilines is 1. The Morgan fingerprint density at radius 2 is 1.97 bits per heavy atom. The molecule has 3 heterocycles. The molecule has 1 aromatic rings. The summed E-state index contributed by atoms with van der Waals surface area (Å²) in [6.07, 6.45) is 3.53. The van der Waals surface area contributed by atoms with Crippen LogP contribution in [-0.4, -0.2) is 78.8 Å². The van der Waals surface area contributed by atoms with Gasteiger partial charge in [0.15, 0.2) is 0 Å². The summed E-state index contributed by atoms with van der Waals surface area (Å²) in [6, 6.07) is 6.03. The summed E-state index contributed by atoms with van der Waals surface area (Å²) in [6.45, 7) is 9.95. The molecule has 172 valence electrons. The van der Waals surface area contributed by atoms with Gasteiger partial charge in [-0.1, -0.05) is 13.0 Å². The first-order valence-corrected chi connectivity index (χ1v) is 11.5. The molecule has 3 aliphatic rings. The minimum atomic E-state index is -0.435. The highest BCUT2D eigenvalue weighted by Crippen LogP contribution is 2.27. The van der Waals surface area contributed by atoms with Crippen molar-refractivity contribution in [1.82, 2.24) is 14.7 Å². The Morgan fingerprint density at radius 1 is 1.19 bits per heavy atom. The third kappa shape index (κ3) is 5.12. The van der Waals surface area contributed by atoms with Crippen molar-refractivity contribution in [2.75, 3.05) is 51.7 Å². The second kappa shape index (κ2) is 9.73. The number of likely N-dealkylation sites (N-methyl/N-ethyl adjacent to an activating group) is 1. The molecule has 3 aliphatic heterocycles. The number of piperazine rings is 1. The third-order valence-corrected chi connectivity index (χ3v) is 6.49. The number of hydrogen-bond acceptors (Lipinski definition) is 6. The van der Waals surface area contributed by atoms with Gasteiger partial charge in [-0.2, -0.15) is 0 Å². The average Bonchev–Trinajstić information content (AvgIpc) is 2.92. The van der Waals surface area contributed by atoms with Crippen molar-refractivity contribution >= 4 is 23.5 Å². The number of nitrogens with zero attached hydrogens (tertiary/aromatic N) is 4. The number of amides is 1. The van der Waals surface area contributed by atoms with Gasteiger partial charge in [0.1, 0.15) is 11.7 Å². The van der Waals surface area contributed by atoms with Crippen LogP contribution in [0.15, 0.2) is 35.0 Å². The van der Waals surface area contributed by atoms with E-state index < -0.39 is 6.09 Å². The highest BCUT2D eigenvalue weighted by Gasteiger charge is 2.26. The molecule has 2 N–H and O–H groups in total. The molecule has 0 radical (unpaired) electrons. The summed E-state index contributed by atoms with van der Waals surface area (Å²) in [5.41, 5.74) is 4.49. The van der Waals surface area contributed by atoms with Gasteiger partial charge in [0.2, 0.25) is 0 Å². The Bertz CT molecular complexity index is 932. The molecule has 8 nitrogen and oxygen atoms in total. The van der Waals surface area contributed by atoms with E-state index in [1.165, 1.54) is 16.8 Å². The number of rotatable bonds is 3. The summed E-state index contributed by atoms with van der Waals surface area (Å²) < 4.78 is 5.00. The third-order valence-electron chi connectivity index (χ3n) is 6.49. The molecule has 1 amide bonds. The lowest BCUT2D eigenvalue weighted by atomic mass is 9.98. The molecule has 8 heteroatoms. The molecule has 1 fully saturated rings. The number of benzene rings is 1. The summed E-state index contributed by atoms with van der Waals surface area (Å²) in [5.74, 6) is 1.43. The summed E-state index contributed by atoms with van der Waals surface area (Å²) in [7, 11) is 2.17. The Balaban J connectivity index is 1.54. The number of amidine groups is 2. The van der Waals surface area contributed by atoms with E-state index in [4.69, 9.17) is 15.1 Å². The van der Waals surface area contributed by atoms with E-state index in [9.17, 15) is 4.79 Å². The molecule has 4 rings (SSSR count). The molecule has 1 aromatic carbocycles. The van der Waals surface area contributed by atoms with Crippen LogP contribution in [0.1, 0.15) is 31.4 Å². The molecular formula is C24H34N6O2. The maximum absolute atomic E-state index is 11.8. The lowest BCUT2D eigenvalue weighted by Gasteiger charge is -2.36. The zero-order valence-corrected chi connectivity index (χ0v) is 19.4. The first-order valence-electron chi connectivity index (χ1n) is 11.5. The van der Waals surface area contributed by atoms with Gasteiger partial charge in [-0.05, 0) is 56.1 Å². The topological polar surface area (TPSA) is 84.3 Å². The molecule has 1 saturated heterocycles. The number of carbonyl (C=O) groups excluding carboxylic acids is 1. The van der Waals surface area contributed by atoms with Crippen molar-refractivity contribution in [2.45, 2.75) is 33.2 Å². The fraction of sp³-hybridized carbons (Fsp3) is 0.542. The fourth-order valence-corrected chi connectivity index (χ4v) is 4.48. The van der Waals surface area contributed by atoms with E-state index in [2.05, 4.69) is 46.1 Å². The predicted octanol–water partition coefficient (Wildman–Crippen LogP) is 3.16. The van der Waals surface area contributed by atoms with Crippen molar-refractivity contribution in [3.63, 3.8) is 0 Å². The summed E-state index contributed by atoms with van der Waals surface area (Å²) in [5, 5.41) is 11.3. The number of aliphatic imine (C=N–C) groups is 1. The Hall–Kier alpha value is -2.87. The molecule has 1 unspecified atom stereocenters. The van der Waals surface area contributed by atoms with E-state index in [1.807, 2.05) is 12.1 Å². The number of fused-ring (bicyclic) bond motifs is 1. The molecule has 0 bridgehead atoms. The number of ether oxygens (including phenoxy) is 1. The quantitative estimate of drug-likeness (QED) is 0.757. The van der Waals surface area contributed by atoms with Gasteiger partial charge in [0.05, 0.1) is 6.61 Å². The SMILES string of the molecule is CCOC(=O)Nc1ccc2c(c1)CN(C1=NC(=N)C(C)CC(N3CCN(C)CC3)=C1)CC2. The second-order valence-corrected chi connectivity index (χ2v) is 8.89. The van der Waals surface area contributed by atoms with Crippen LogP contribution in [0.4, 0.5) is 10.5 Å². The van der Waals surface area contributed by atoms with Crippen molar-refractivity contribution in [3.8, 4) is 0 Å². The molecular weight excluding hydrogens is 404 g/mol. The van der Waals surface area contributed by atoms with Crippen LogP contribution in [-0.2, 0) is 17.7 Å². The van der Waals surface area contributed by atoms with Crippen LogP contribution in [0.25, 0.3) is 0 Å². The smallest absolute Gasteiger partial charge is 0.411 e. The van der Waals surface area contributed by atoms with Crippen molar-refractivity contribution in [3.05, 3.63) is 41.1 Å².